The number of aromatic nitrogens is 1. The number of nitrogens with zero attached hydrogens (tertiary/aromatic N) is 1. The normalized spacial score (nSPS) is 12.0. The Balaban J connectivity index is 2.20. The van der Waals surface area contributed by atoms with Crippen LogP contribution in [0.25, 0.3) is 27.7 Å². The molecule has 0 saturated carbocycles. The fraction of sp³-hybridized carbons (Fsp3) is 0.273. The number of allylic oxidation sites excluding steroid dienone is 2. The quantitative estimate of drug-likeness (QED) is 0.569. The van der Waals surface area contributed by atoms with Crippen LogP contribution >= 0.6 is 0 Å². The summed E-state index contributed by atoms with van der Waals surface area (Å²) in [5.41, 5.74) is 7.70. The summed E-state index contributed by atoms with van der Waals surface area (Å²) >= 11 is 0. The molecule has 0 radical (unpaired) electrons. The van der Waals surface area contributed by atoms with E-state index in [1.165, 1.54) is 38.9 Å². The first-order valence-electron chi connectivity index (χ1n) is 8.51. The van der Waals surface area contributed by atoms with Gasteiger partial charge in [-0.2, -0.15) is 0 Å². The van der Waals surface area contributed by atoms with E-state index >= 15 is 0 Å². The van der Waals surface area contributed by atoms with Crippen LogP contribution in [0.1, 0.15) is 31.9 Å². The Labute approximate surface area is 144 Å². The molecule has 2 heteroatoms. The maximum Gasteiger partial charge on any atom is 0.120 e. The summed E-state index contributed by atoms with van der Waals surface area (Å²) in [6.45, 7) is 9.56. The van der Waals surface area contributed by atoms with E-state index in [9.17, 15) is 0 Å². The largest absolute Gasteiger partial charge is 0.497 e. The maximum atomic E-state index is 5.41. The summed E-state index contributed by atoms with van der Waals surface area (Å²) in [7, 11) is 1.72. The molecule has 0 amide bonds. The third-order valence-electron chi connectivity index (χ3n) is 4.89. The number of hydrogen-bond acceptors (Lipinski definition) is 1. The Morgan fingerprint density at radius 2 is 1.83 bits per heavy atom. The fourth-order valence-electron chi connectivity index (χ4n) is 3.39. The first-order valence-corrected chi connectivity index (χ1v) is 8.51. The first kappa shape index (κ1) is 16.4. The van der Waals surface area contributed by atoms with Gasteiger partial charge in [-0.25, -0.2) is 0 Å². The summed E-state index contributed by atoms with van der Waals surface area (Å²) in [5, 5.41) is 1.29. The van der Waals surface area contributed by atoms with Crippen molar-refractivity contribution in [2.45, 2.75) is 34.2 Å². The lowest BCUT2D eigenvalue weighted by Crippen LogP contribution is -1.97. The molecule has 1 heterocycles. The van der Waals surface area contributed by atoms with Gasteiger partial charge < -0.3 is 9.30 Å². The van der Waals surface area contributed by atoms with Crippen LogP contribution in [-0.2, 0) is 6.54 Å². The van der Waals surface area contributed by atoms with Crippen molar-refractivity contribution < 1.29 is 4.74 Å². The molecule has 2 nitrogen and oxygen atoms in total. The van der Waals surface area contributed by atoms with Gasteiger partial charge in [-0.1, -0.05) is 30.3 Å². The standard InChI is InChI=1S/C22H25NO/c1-6-15(3)17-8-10-18(11-9-17)22-16(4)20-13-12-19(24-5)14-21(20)23(22)7-2/h6,8-14H,7H2,1-5H3/b15-6+. The number of fused-ring (bicyclic) bond motifs is 1. The predicted octanol–water partition coefficient (Wildman–Crippen LogP) is 6.07. The highest BCUT2D eigenvalue weighted by Gasteiger charge is 2.15. The zero-order chi connectivity index (χ0) is 17.3. The average Bonchev–Trinajstić information content (AvgIpc) is 2.92. The van der Waals surface area contributed by atoms with Gasteiger partial charge in [0.05, 0.1) is 18.3 Å². The monoisotopic (exact) mass is 319 g/mol. The molecule has 124 valence electrons. The lowest BCUT2D eigenvalue weighted by molar-refractivity contribution is 0.415. The zero-order valence-corrected chi connectivity index (χ0v) is 15.2. The van der Waals surface area contributed by atoms with Crippen LogP contribution in [0.5, 0.6) is 5.75 Å². The Morgan fingerprint density at radius 1 is 1.12 bits per heavy atom. The molecular formula is C22H25NO. The van der Waals surface area contributed by atoms with Gasteiger partial charge in [0.1, 0.15) is 5.75 Å². The molecule has 0 spiro atoms. The number of benzene rings is 2. The molecule has 3 rings (SSSR count). The third kappa shape index (κ3) is 2.62. The van der Waals surface area contributed by atoms with E-state index in [1.54, 1.807) is 7.11 Å². The highest BCUT2D eigenvalue weighted by atomic mass is 16.5. The minimum atomic E-state index is 0.903. The van der Waals surface area contributed by atoms with E-state index in [1.807, 2.05) is 6.07 Å². The van der Waals surface area contributed by atoms with Crippen LogP contribution in [0.15, 0.2) is 48.5 Å². The van der Waals surface area contributed by atoms with E-state index in [0.29, 0.717) is 0 Å². The maximum absolute atomic E-state index is 5.41. The average molecular weight is 319 g/mol. The number of hydrogen-bond donors (Lipinski definition) is 0. The molecule has 1 aromatic heterocycles. The molecular weight excluding hydrogens is 294 g/mol. The van der Waals surface area contributed by atoms with Crippen molar-refractivity contribution in [3.05, 3.63) is 59.7 Å². The SMILES string of the molecule is C/C=C(\C)c1ccc(-c2c(C)c3ccc(OC)cc3n2CC)cc1. The van der Waals surface area contributed by atoms with E-state index < -0.39 is 0 Å². The van der Waals surface area contributed by atoms with Crippen LogP contribution < -0.4 is 4.74 Å². The van der Waals surface area contributed by atoms with Gasteiger partial charge in [0.25, 0.3) is 0 Å². The molecule has 2 aromatic carbocycles. The second-order valence-electron chi connectivity index (χ2n) is 6.15. The Hall–Kier alpha value is -2.48. The van der Waals surface area contributed by atoms with Crippen LogP contribution in [0, 0.1) is 6.92 Å². The predicted molar refractivity (Wildman–Crippen MR) is 104 cm³/mol. The first-order chi connectivity index (χ1) is 11.6. The Bertz CT molecular complexity index is 898. The van der Waals surface area contributed by atoms with Crippen LogP contribution in [0.4, 0.5) is 0 Å². The summed E-state index contributed by atoms with van der Waals surface area (Å²) in [6.07, 6.45) is 2.15. The van der Waals surface area contributed by atoms with Gasteiger partial charge in [-0.05, 0) is 62.1 Å². The molecule has 24 heavy (non-hydrogen) atoms. The number of ether oxygens (including phenoxy) is 1. The molecule has 0 aliphatic rings. The molecule has 0 saturated heterocycles. The van der Waals surface area contributed by atoms with E-state index in [0.717, 1.165) is 12.3 Å². The zero-order valence-electron chi connectivity index (χ0n) is 15.2. The molecule has 3 aromatic rings. The van der Waals surface area contributed by atoms with Gasteiger partial charge in [0.15, 0.2) is 0 Å². The highest BCUT2D eigenvalue weighted by molar-refractivity contribution is 5.92. The van der Waals surface area contributed by atoms with Crippen LogP contribution in [-0.4, -0.2) is 11.7 Å². The van der Waals surface area contributed by atoms with Gasteiger partial charge in [-0.15, -0.1) is 0 Å². The molecule has 0 bridgehead atoms. The lowest BCUT2D eigenvalue weighted by atomic mass is 10.0. The second-order valence-corrected chi connectivity index (χ2v) is 6.15. The van der Waals surface area contributed by atoms with E-state index in [4.69, 9.17) is 4.74 Å². The second kappa shape index (κ2) is 6.56. The topological polar surface area (TPSA) is 14.2 Å². The molecule has 0 unspecified atom stereocenters. The summed E-state index contributed by atoms with van der Waals surface area (Å²) in [4.78, 5) is 0. The van der Waals surface area contributed by atoms with Crippen molar-refractivity contribution in [2.75, 3.05) is 7.11 Å². The van der Waals surface area contributed by atoms with Crippen molar-refractivity contribution in [1.82, 2.24) is 4.57 Å². The van der Waals surface area contributed by atoms with Crippen molar-refractivity contribution >= 4 is 16.5 Å². The molecule has 0 atom stereocenters. The number of aryl methyl sites for hydroxylation is 2. The van der Waals surface area contributed by atoms with Gasteiger partial charge in [-0.3, -0.25) is 0 Å². The molecule has 0 aliphatic heterocycles. The molecule has 0 fully saturated rings. The van der Waals surface area contributed by atoms with Crippen molar-refractivity contribution in [1.29, 1.82) is 0 Å². The lowest BCUT2D eigenvalue weighted by Gasteiger charge is -2.11. The van der Waals surface area contributed by atoms with Gasteiger partial charge in [0.2, 0.25) is 0 Å². The summed E-state index contributed by atoms with van der Waals surface area (Å²) in [5.74, 6) is 0.903. The molecule has 0 aliphatic carbocycles. The van der Waals surface area contributed by atoms with E-state index in [2.05, 4.69) is 74.7 Å². The minimum absolute atomic E-state index is 0.903. The molecule has 0 N–H and O–H groups in total. The number of methoxy groups -OCH3 is 1. The van der Waals surface area contributed by atoms with Crippen LogP contribution in [0.3, 0.4) is 0 Å². The Kier molecular flexibility index (Phi) is 4.48. The number of rotatable bonds is 4. The van der Waals surface area contributed by atoms with Gasteiger partial charge in [0, 0.05) is 18.0 Å². The van der Waals surface area contributed by atoms with Gasteiger partial charge >= 0.3 is 0 Å². The smallest absolute Gasteiger partial charge is 0.120 e. The van der Waals surface area contributed by atoms with E-state index in [-0.39, 0.29) is 0 Å². The summed E-state index contributed by atoms with van der Waals surface area (Å²) in [6, 6.07) is 15.2. The van der Waals surface area contributed by atoms with Crippen molar-refractivity contribution in [3.63, 3.8) is 0 Å². The third-order valence-corrected chi connectivity index (χ3v) is 4.89. The fourth-order valence-corrected chi connectivity index (χ4v) is 3.39. The van der Waals surface area contributed by atoms with Crippen molar-refractivity contribution in [3.8, 4) is 17.0 Å². The van der Waals surface area contributed by atoms with Crippen molar-refractivity contribution in [2.24, 2.45) is 0 Å². The van der Waals surface area contributed by atoms with Crippen LogP contribution in [0.2, 0.25) is 0 Å². The highest BCUT2D eigenvalue weighted by Crippen LogP contribution is 2.35. The summed E-state index contributed by atoms with van der Waals surface area (Å²) < 4.78 is 7.79. The Morgan fingerprint density at radius 3 is 2.42 bits per heavy atom. The minimum Gasteiger partial charge on any atom is -0.497 e.